The molecule has 2 aliphatic heterocycles. The van der Waals surface area contributed by atoms with Gasteiger partial charge in [-0.3, -0.25) is 4.79 Å². The summed E-state index contributed by atoms with van der Waals surface area (Å²) in [6.07, 6.45) is 0.806. The van der Waals surface area contributed by atoms with Crippen molar-refractivity contribution in [3.63, 3.8) is 0 Å². The van der Waals surface area contributed by atoms with Crippen LogP contribution in [0.25, 0.3) is 0 Å². The quantitative estimate of drug-likeness (QED) is 0.859. The zero-order valence-electron chi connectivity index (χ0n) is 11.6. The van der Waals surface area contributed by atoms with Crippen LogP contribution in [0.1, 0.15) is 18.0 Å². The predicted molar refractivity (Wildman–Crippen MR) is 74.6 cm³/mol. The molecule has 0 aliphatic carbocycles. The van der Waals surface area contributed by atoms with E-state index in [1.54, 1.807) is 0 Å². The van der Waals surface area contributed by atoms with Gasteiger partial charge in [-0.15, -0.1) is 0 Å². The minimum Gasteiger partial charge on any atom is -0.493 e. The molecule has 1 saturated heterocycles. The molecule has 3 rings (SSSR count). The molecule has 0 radical (unpaired) electrons. The van der Waals surface area contributed by atoms with Crippen LogP contribution in [0, 0.1) is 5.92 Å². The fourth-order valence-electron chi connectivity index (χ4n) is 2.87. The predicted octanol–water partition coefficient (Wildman–Crippen LogP) is 0.861. The number of ether oxygens (including phenoxy) is 2. The average Bonchev–Trinajstić information content (AvgIpc) is 2.96. The molecule has 0 saturated carbocycles. The second-order valence-electron chi connectivity index (χ2n) is 5.28. The molecule has 5 heteroatoms. The summed E-state index contributed by atoms with van der Waals surface area (Å²) in [5.74, 6) is 0.815. The van der Waals surface area contributed by atoms with Crippen molar-refractivity contribution in [2.45, 2.75) is 18.5 Å². The van der Waals surface area contributed by atoms with Gasteiger partial charge in [-0.05, 0) is 13.1 Å². The van der Waals surface area contributed by atoms with Gasteiger partial charge in [0.05, 0.1) is 31.8 Å². The summed E-state index contributed by atoms with van der Waals surface area (Å²) in [5.41, 5.74) is 1.06. The summed E-state index contributed by atoms with van der Waals surface area (Å²) in [5, 5.41) is 6.28. The summed E-state index contributed by atoms with van der Waals surface area (Å²) in [4.78, 5) is 12.4. The summed E-state index contributed by atoms with van der Waals surface area (Å²) in [7, 11) is 1.86. The highest BCUT2D eigenvalue weighted by Gasteiger charge is 2.34. The van der Waals surface area contributed by atoms with Crippen molar-refractivity contribution in [3.05, 3.63) is 29.8 Å². The van der Waals surface area contributed by atoms with Gasteiger partial charge in [0, 0.05) is 18.0 Å². The minimum absolute atomic E-state index is 0.0329. The van der Waals surface area contributed by atoms with Gasteiger partial charge in [-0.25, -0.2) is 0 Å². The normalized spacial score (nSPS) is 28.6. The van der Waals surface area contributed by atoms with Gasteiger partial charge in [0.1, 0.15) is 5.75 Å². The number of hydrogen-bond acceptors (Lipinski definition) is 4. The smallest absolute Gasteiger partial charge is 0.227 e. The van der Waals surface area contributed by atoms with E-state index in [2.05, 4.69) is 10.6 Å². The first-order valence-corrected chi connectivity index (χ1v) is 7.06. The number of carbonyl (C=O) groups is 1. The van der Waals surface area contributed by atoms with E-state index < -0.39 is 0 Å². The van der Waals surface area contributed by atoms with Crippen molar-refractivity contribution in [1.29, 1.82) is 0 Å². The third-order valence-corrected chi connectivity index (χ3v) is 4.06. The molecule has 3 unspecified atom stereocenters. The van der Waals surface area contributed by atoms with Gasteiger partial charge in [0.2, 0.25) is 5.91 Å². The molecule has 1 aromatic rings. The molecule has 1 aromatic carbocycles. The third-order valence-electron chi connectivity index (χ3n) is 4.06. The van der Waals surface area contributed by atoms with Crippen LogP contribution in [0.3, 0.4) is 0 Å². The number of nitrogens with one attached hydrogen (secondary N) is 2. The van der Waals surface area contributed by atoms with Gasteiger partial charge in [0.15, 0.2) is 0 Å². The number of likely N-dealkylation sites (N-methyl/N-ethyl adjacent to an activating group) is 1. The molecule has 20 heavy (non-hydrogen) atoms. The Balaban J connectivity index is 1.71. The minimum atomic E-state index is -0.116. The van der Waals surface area contributed by atoms with E-state index in [0.29, 0.717) is 19.8 Å². The van der Waals surface area contributed by atoms with E-state index >= 15 is 0 Å². The summed E-state index contributed by atoms with van der Waals surface area (Å²) >= 11 is 0. The first kappa shape index (κ1) is 13.4. The Morgan fingerprint density at radius 2 is 2.15 bits per heavy atom. The highest BCUT2D eigenvalue weighted by molar-refractivity contribution is 5.80. The van der Waals surface area contributed by atoms with E-state index in [0.717, 1.165) is 17.7 Å². The third kappa shape index (κ3) is 2.51. The molecular weight excluding hydrogens is 256 g/mol. The maximum absolute atomic E-state index is 12.4. The zero-order valence-corrected chi connectivity index (χ0v) is 11.6. The van der Waals surface area contributed by atoms with Crippen molar-refractivity contribution in [1.82, 2.24) is 10.6 Å². The molecule has 1 amide bonds. The molecule has 2 aliphatic rings. The lowest BCUT2D eigenvalue weighted by Crippen LogP contribution is -2.44. The first-order chi connectivity index (χ1) is 9.79. The van der Waals surface area contributed by atoms with Gasteiger partial charge in [-0.2, -0.15) is 0 Å². The van der Waals surface area contributed by atoms with Crippen molar-refractivity contribution in [3.8, 4) is 5.75 Å². The van der Waals surface area contributed by atoms with Crippen molar-refractivity contribution >= 4 is 5.91 Å². The van der Waals surface area contributed by atoms with E-state index in [-0.39, 0.29) is 23.9 Å². The SMILES string of the molecule is CNC1COCC1C(=O)NC1CCOc2ccccc21. The first-order valence-electron chi connectivity index (χ1n) is 7.06. The van der Waals surface area contributed by atoms with Gasteiger partial charge < -0.3 is 20.1 Å². The molecule has 108 valence electrons. The monoisotopic (exact) mass is 276 g/mol. The Labute approximate surface area is 118 Å². The van der Waals surface area contributed by atoms with Crippen LogP contribution in [0.5, 0.6) is 5.75 Å². The Kier molecular flexibility index (Phi) is 3.89. The highest BCUT2D eigenvalue weighted by atomic mass is 16.5. The van der Waals surface area contributed by atoms with Gasteiger partial charge in [-0.1, -0.05) is 18.2 Å². The number of para-hydroxylation sites is 1. The molecule has 0 spiro atoms. The summed E-state index contributed by atoms with van der Waals surface area (Å²) < 4.78 is 11.0. The fourth-order valence-corrected chi connectivity index (χ4v) is 2.87. The molecule has 2 N–H and O–H groups in total. The van der Waals surface area contributed by atoms with Crippen LogP contribution < -0.4 is 15.4 Å². The van der Waals surface area contributed by atoms with Gasteiger partial charge in [0.25, 0.3) is 0 Å². The number of hydrogen-bond donors (Lipinski definition) is 2. The van der Waals surface area contributed by atoms with E-state index in [4.69, 9.17) is 9.47 Å². The van der Waals surface area contributed by atoms with E-state index in [1.165, 1.54) is 0 Å². The van der Waals surface area contributed by atoms with Crippen LogP contribution in [-0.2, 0) is 9.53 Å². The molecule has 2 heterocycles. The number of fused-ring (bicyclic) bond motifs is 1. The lowest BCUT2D eigenvalue weighted by atomic mass is 9.98. The molecule has 0 bridgehead atoms. The van der Waals surface area contributed by atoms with Crippen molar-refractivity contribution in [2.24, 2.45) is 5.92 Å². The average molecular weight is 276 g/mol. The maximum atomic E-state index is 12.4. The number of rotatable bonds is 3. The van der Waals surface area contributed by atoms with Crippen LogP contribution >= 0.6 is 0 Å². The van der Waals surface area contributed by atoms with Crippen LogP contribution in [0.15, 0.2) is 24.3 Å². The maximum Gasteiger partial charge on any atom is 0.227 e. The van der Waals surface area contributed by atoms with E-state index in [1.807, 2.05) is 31.3 Å². The zero-order chi connectivity index (χ0) is 13.9. The van der Waals surface area contributed by atoms with Crippen LogP contribution in [0.2, 0.25) is 0 Å². The number of carbonyl (C=O) groups excluding carboxylic acids is 1. The largest absolute Gasteiger partial charge is 0.493 e. The topological polar surface area (TPSA) is 59.6 Å². The molecule has 5 nitrogen and oxygen atoms in total. The molecule has 0 aromatic heterocycles. The molecule has 3 atom stereocenters. The second kappa shape index (κ2) is 5.81. The van der Waals surface area contributed by atoms with Gasteiger partial charge >= 0.3 is 0 Å². The van der Waals surface area contributed by atoms with Crippen LogP contribution in [0.4, 0.5) is 0 Å². The van der Waals surface area contributed by atoms with Crippen molar-refractivity contribution in [2.75, 3.05) is 26.9 Å². The summed E-state index contributed by atoms with van der Waals surface area (Å²) in [6.45, 7) is 1.72. The number of benzene rings is 1. The summed E-state index contributed by atoms with van der Waals surface area (Å²) in [6, 6.07) is 8.02. The Morgan fingerprint density at radius 1 is 1.30 bits per heavy atom. The Morgan fingerprint density at radius 3 is 3.00 bits per heavy atom. The molecular formula is C15H20N2O3. The van der Waals surface area contributed by atoms with Crippen molar-refractivity contribution < 1.29 is 14.3 Å². The molecule has 1 fully saturated rings. The fraction of sp³-hybridized carbons (Fsp3) is 0.533. The number of amides is 1. The standard InChI is InChI=1S/C15H20N2O3/c1-16-13-9-19-8-11(13)15(18)17-12-6-7-20-14-5-3-2-4-10(12)14/h2-5,11-13,16H,6-9H2,1H3,(H,17,18). The Bertz CT molecular complexity index is 492. The lowest BCUT2D eigenvalue weighted by Gasteiger charge is -2.28. The Hall–Kier alpha value is -1.59. The lowest BCUT2D eigenvalue weighted by molar-refractivity contribution is -0.126. The second-order valence-corrected chi connectivity index (χ2v) is 5.28. The van der Waals surface area contributed by atoms with E-state index in [9.17, 15) is 4.79 Å². The van der Waals surface area contributed by atoms with Crippen LogP contribution in [-0.4, -0.2) is 38.8 Å². The highest BCUT2D eigenvalue weighted by Crippen LogP contribution is 2.31.